The number of carbonyl (C=O) groups is 1. The van der Waals surface area contributed by atoms with E-state index in [2.05, 4.69) is 24.6 Å². The second-order valence-electron chi connectivity index (χ2n) is 7.18. The molecule has 0 aromatic carbocycles. The van der Waals surface area contributed by atoms with Crippen LogP contribution in [-0.4, -0.2) is 38.1 Å². The maximum Gasteiger partial charge on any atom is 0.414 e. The fraction of sp³-hybridized carbons (Fsp3) is 0.316. The van der Waals surface area contributed by atoms with Gasteiger partial charge in [0, 0.05) is 31.0 Å². The minimum absolute atomic E-state index is 0.467. The first-order valence-electron chi connectivity index (χ1n) is 8.68. The smallest absolute Gasteiger partial charge is 0.414 e. The molecule has 0 saturated heterocycles. The van der Waals surface area contributed by atoms with Crippen LogP contribution in [-0.2, 0) is 4.74 Å². The number of anilines is 3. The van der Waals surface area contributed by atoms with E-state index in [1.54, 1.807) is 31.6 Å². The molecule has 28 heavy (non-hydrogen) atoms. The predicted molar refractivity (Wildman–Crippen MR) is 110 cm³/mol. The molecule has 8 nitrogen and oxygen atoms in total. The van der Waals surface area contributed by atoms with Crippen molar-refractivity contribution in [2.24, 2.45) is 0 Å². The number of ether oxygens (including phenoxy) is 1. The third kappa shape index (κ3) is 4.80. The number of hydrogen-bond donors (Lipinski definition) is 1. The highest BCUT2D eigenvalue weighted by Crippen LogP contribution is 2.29. The minimum Gasteiger partial charge on any atom is -0.443 e. The molecule has 3 heterocycles. The predicted octanol–water partition coefficient (Wildman–Crippen LogP) is 4.42. The molecule has 0 bridgehead atoms. The van der Waals surface area contributed by atoms with E-state index in [9.17, 15) is 4.79 Å². The summed E-state index contributed by atoms with van der Waals surface area (Å²) in [7, 11) is 1.64. The van der Waals surface area contributed by atoms with E-state index < -0.39 is 11.7 Å². The molecule has 9 heteroatoms. The fourth-order valence-electron chi connectivity index (χ4n) is 2.33. The van der Waals surface area contributed by atoms with Gasteiger partial charge in [-0.15, -0.1) is 0 Å². The third-order valence-electron chi connectivity index (χ3n) is 3.61. The molecule has 1 N–H and O–H groups in total. The number of rotatable bonds is 4. The van der Waals surface area contributed by atoms with Crippen molar-refractivity contribution >= 4 is 34.3 Å². The van der Waals surface area contributed by atoms with Crippen molar-refractivity contribution in [1.29, 1.82) is 0 Å². The molecule has 3 aromatic heterocycles. The molecule has 0 aliphatic carbocycles. The highest BCUT2D eigenvalue weighted by molar-refractivity contribution is 7.09. The second-order valence-corrected chi connectivity index (χ2v) is 7.93. The van der Waals surface area contributed by atoms with E-state index in [1.165, 1.54) is 16.4 Å². The zero-order chi connectivity index (χ0) is 20.3. The van der Waals surface area contributed by atoms with Gasteiger partial charge in [-0.25, -0.2) is 9.78 Å². The molecule has 0 fully saturated rings. The lowest BCUT2D eigenvalue weighted by Gasteiger charge is -2.25. The van der Waals surface area contributed by atoms with Crippen LogP contribution in [0.15, 0.2) is 36.7 Å². The fourth-order valence-corrected chi connectivity index (χ4v) is 2.91. The van der Waals surface area contributed by atoms with E-state index in [1.807, 2.05) is 39.8 Å². The van der Waals surface area contributed by atoms with E-state index in [0.29, 0.717) is 28.2 Å². The zero-order valence-corrected chi connectivity index (χ0v) is 17.2. The van der Waals surface area contributed by atoms with Gasteiger partial charge in [0.1, 0.15) is 11.3 Å². The Balaban J connectivity index is 1.82. The van der Waals surface area contributed by atoms with Gasteiger partial charge >= 0.3 is 6.09 Å². The molecule has 146 valence electrons. The highest BCUT2D eigenvalue weighted by atomic mass is 32.1. The molecule has 1 amide bonds. The number of amides is 1. The molecule has 0 saturated carbocycles. The molecule has 0 unspecified atom stereocenters. The van der Waals surface area contributed by atoms with Crippen LogP contribution in [0.4, 0.5) is 21.4 Å². The molecule has 0 spiro atoms. The van der Waals surface area contributed by atoms with Crippen LogP contribution in [0.3, 0.4) is 0 Å². The van der Waals surface area contributed by atoms with Gasteiger partial charge in [0.05, 0.1) is 5.69 Å². The standard InChI is InChI=1S/C19H22N6O2S/c1-12-8-10-20-13(11-12)15-22-17(28-24-15)23-16-14(7-6-9-21-16)25(5)18(26)27-19(2,3)4/h6-11H,1-5H3,(H,21,22,23,24). The van der Waals surface area contributed by atoms with Crippen molar-refractivity contribution in [3.8, 4) is 11.5 Å². The van der Waals surface area contributed by atoms with Crippen LogP contribution in [0.5, 0.6) is 0 Å². The summed E-state index contributed by atoms with van der Waals surface area (Å²) in [5.41, 5.74) is 1.77. The van der Waals surface area contributed by atoms with Crippen molar-refractivity contribution in [1.82, 2.24) is 19.3 Å². The van der Waals surface area contributed by atoms with E-state index >= 15 is 0 Å². The summed E-state index contributed by atoms with van der Waals surface area (Å²) in [6, 6.07) is 7.38. The van der Waals surface area contributed by atoms with Gasteiger partial charge in [-0.3, -0.25) is 9.88 Å². The molecule has 3 aromatic rings. The van der Waals surface area contributed by atoms with Crippen LogP contribution in [0.25, 0.3) is 11.5 Å². The Hall–Kier alpha value is -3.07. The largest absolute Gasteiger partial charge is 0.443 e. The van der Waals surface area contributed by atoms with Crippen molar-refractivity contribution < 1.29 is 9.53 Å². The maximum atomic E-state index is 12.4. The summed E-state index contributed by atoms with van der Waals surface area (Å²) in [6.07, 6.45) is 2.90. The Morgan fingerprint density at radius 3 is 2.71 bits per heavy atom. The second kappa shape index (κ2) is 7.89. The Kier molecular flexibility index (Phi) is 5.55. The van der Waals surface area contributed by atoms with Gasteiger partial charge in [0.15, 0.2) is 11.6 Å². The summed E-state index contributed by atoms with van der Waals surface area (Å²) in [5, 5.41) is 3.68. The van der Waals surface area contributed by atoms with Crippen LogP contribution >= 0.6 is 11.5 Å². The molecule has 0 aliphatic heterocycles. The van der Waals surface area contributed by atoms with E-state index in [-0.39, 0.29) is 0 Å². The lowest BCUT2D eigenvalue weighted by atomic mass is 10.2. The number of aromatic nitrogens is 4. The van der Waals surface area contributed by atoms with E-state index in [0.717, 1.165) is 5.56 Å². The minimum atomic E-state index is -0.587. The van der Waals surface area contributed by atoms with Gasteiger partial charge in [0.25, 0.3) is 0 Å². The van der Waals surface area contributed by atoms with E-state index in [4.69, 9.17) is 4.74 Å². The van der Waals surface area contributed by atoms with Crippen molar-refractivity contribution in [2.45, 2.75) is 33.3 Å². The van der Waals surface area contributed by atoms with Gasteiger partial charge in [-0.2, -0.15) is 9.36 Å². The molecule has 0 radical (unpaired) electrons. The summed E-state index contributed by atoms with van der Waals surface area (Å²) in [6.45, 7) is 7.46. The van der Waals surface area contributed by atoms with Crippen molar-refractivity contribution in [3.63, 3.8) is 0 Å². The van der Waals surface area contributed by atoms with Crippen molar-refractivity contribution in [2.75, 3.05) is 17.3 Å². The summed E-state index contributed by atoms with van der Waals surface area (Å²) in [5.74, 6) is 1.02. The average molecular weight is 398 g/mol. The van der Waals surface area contributed by atoms with Gasteiger partial charge in [0.2, 0.25) is 5.13 Å². The number of aryl methyl sites for hydroxylation is 1. The van der Waals surface area contributed by atoms with Gasteiger partial charge in [-0.1, -0.05) is 0 Å². The number of carbonyl (C=O) groups excluding carboxylic acids is 1. The monoisotopic (exact) mass is 398 g/mol. The maximum absolute atomic E-state index is 12.4. The average Bonchev–Trinajstić information content (AvgIpc) is 3.09. The molecular formula is C19H22N6O2S. The Morgan fingerprint density at radius 1 is 1.21 bits per heavy atom. The van der Waals surface area contributed by atoms with Crippen LogP contribution < -0.4 is 10.2 Å². The third-order valence-corrected chi connectivity index (χ3v) is 4.24. The molecular weight excluding hydrogens is 376 g/mol. The summed E-state index contributed by atoms with van der Waals surface area (Å²) >= 11 is 1.20. The lowest BCUT2D eigenvalue weighted by molar-refractivity contribution is 0.0589. The number of hydrogen-bond acceptors (Lipinski definition) is 8. The SMILES string of the molecule is Cc1ccnc(-c2nsc(Nc3ncccc3N(C)C(=O)OC(C)(C)C)n2)c1. The zero-order valence-electron chi connectivity index (χ0n) is 16.4. The number of nitrogens with zero attached hydrogens (tertiary/aromatic N) is 5. The van der Waals surface area contributed by atoms with Gasteiger partial charge in [-0.05, 0) is 57.5 Å². The van der Waals surface area contributed by atoms with Crippen LogP contribution in [0.2, 0.25) is 0 Å². The Morgan fingerprint density at radius 2 is 2.00 bits per heavy atom. The van der Waals surface area contributed by atoms with Crippen LogP contribution in [0.1, 0.15) is 26.3 Å². The van der Waals surface area contributed by atoms with Crippen LogP contribution in [0, 0.1) is 6.92 Å². The highest BCUT2D eigenvalue weighted by Gasteiger charge is 2.23. The Bertz CT molecular complexity index is 982. The van der Waals surface area contributed by atoms with Gasteiger partial charge < -0.3 is 10.1 Å². The number of nitrogens with one attached hydrogen (secondary N) is 1. The molecule has 0 atom stereocenters. The normalized spacial score (nSPS) is 11.2. The first-order valence-corrected chi connectivity index (χ1v) is 9.46. The molecule has 0 aliphatic rings. The first-order chi connectivity index (χ1) is 13.2. The topological polar surface area (TPSA) is 93.1 Å². The summed E-state index contributed by atoms with van der Waals surface area (Å²) < 4.78 is 9.78. The van der Waals surface area contributed by atoms with Crippen molar-refractivity contribution in [3.05, 3.63) is 42.2 Å². The number of pyridine rings is 2. The lowest BCUT2D eigenvalue weighted by Crippen LogP contribution is -2.34. The molecule has 3 rings (SSSR count). The first kappa shape index (κ1) is 19.7. The summed E-state index contributed by atoms with van der Waals surface area (Å²) in [4.78, 5) is 26.9. The Labute approximate surface area is 167 Å². The quantitative estimate of drug-likeness (QED) is 0.695.